The predicted octanol–water partition coefficient (Wildman–Crippen LogP) is 18.7. The van der Waals surface area contributed by atoms with Crippen LogP contribution in [0.25, 0.3) is 111 Å². The Balaban J connectivity index is 1.17. The van der Waals surface area contributed by atoms with Gasteiger partial charge in [-0.3, -0.25) is 0 Å². The number of rotatable bonds is 7. The molecule has 12 rings (SSSR count). The van der Waals surface area contributed by atoms with Gasteiger partial charge in [0, 0.05) is 27.1 Å². The second-order valence-electron chi connectivity index (χ2n) is 21.3. The normalized spacial score (nSPS) is 11.5. The molecule has 0 spiro atoms. The van der Waals surface area contributed by atoms with E-state index in [9.17, 15) is 10.5 Å². The molecule has 0 fully saturated rings. The SMILES string of the molecule is Cc1cc(C)cc(-c2ccc3c(c2)c2cc(-c4cc(C)cc(C)c4)ccc2n3-c2cc(-c3cc(C)cc(C#N)c3)c(-n3c4ccc(-c5cc(C)cc(C)c5)cc4c4cc(-c5cc(C)cc(C)c5)ccc43)cc2C#N)c1. The molecular weight excluding hydrogens is 909 g/mol. The lowest BCUT2D eigenvalue weighted by molar-refractivity contribution is 1.13. The molecule has 4 nitrogen and oxygen atoms in total. The molecule has 4 heteroatoms. The zero-order valence-electron chi connectivity index (χ0n) is 44.0. The number of benzene rings is 10. The summed E-state index contributed by atoms with van der Waals surface area (Å²) in [4.78, 5) is 0. The molecule has 0 amide bonds. The Morgan fingerprint density at radius 1 is 0.267 bits per heavy atom. The minimum absolute atomic E-state index is 0.534. The van der Waals surface area contributed by atoms with Gasteiger partial charge in [0.25, 0.3) is 0 Å². The van der Waals surface area contributed by atoms with Crippen LogP contribution in [0.1, 0.15) is 61.2 Å². The van der Waals surface area contributed by atoms with E-state index in [0.717, 1.165) is 93.9 Å². The maximum Gasteiger partial charge on any atom is 0.101 e. The minimum atomic E-state index is 0.534. The summed E-state index contributed by atoms with van der Waals surface area (Å²) in [7, 11) is 0. The van der Waals surface area contributed by atoms with Crippen LogP contribution in [0.4, 0.5) is 0 Å². The van der Waals surface area contributed by atoms with E-state index in [1.165, 1.54) is 66.8 Å². The first kappa shape index (κ1) is 46.8. The third-order valence-electron chi connectivity index (χ3n) is 15.0. The maximum absolute atomic E-state index is 11.6. The van der Waals surface area contributed by atoms with Crippen LogP contribution in [0.5, 0.6) is 0 Å². The summed E-state index contributed by atoms with van der Waals surface area (Å²) in [6.45, 7) is 19.3. The Kier molecular flexibility index (Phi) is 11.3. The molecule has 0 saturated heterocycles. The largest absolute Gasteiger partial charge is 0.309 e. The molecule has 360 valence electrons. The summed E-state index contributed by atoms with van der Waals surface area (Å²) in [6, 6.07) is 69.6. The van der Waals surface area contributed by atoms with Gasteiger partial charge in [-0.25, -0.2) is 0 Å². The lowest BCUT2D eigenvalue weighted by atomic mass is 9.96. The molecule has 0 saturated carbocycles. The average molecular weight is 965 g/mol. The van der Waals surface area contributed by atoms with E-state index in [-0.39, 0.29) is 0 Å². The van der Waals surface area contributed by atoms with E-state index in [2.05, 4.69) is 240 Å². The van der Waals surface area contributed by atoms with E-state index in [4.69, 9.17) is 0 Å². The van der Waals surface area contributed by atoms with Crippen molar-refractivity contribution in [3.8, 4) is 79.1 Å². The van der Waals surface area contributed by atoms with Gasteiger partial charge in [-0.05, 0) is 191 Å². The van der Waals surface area contributed by atoms with Gasteiger partial charge >= 0.3 is 0 Å². The molecule has 10 aromatic carbocycles. The van der Waals surface area contributed by atoms with E-state index < -0.39 is 0 Å². The number of hydrogen-bond acceptors (Lipinski definition) is 2. The quantitative estimate of drug-likeness (QED) is 0.160. The Labute approximate surface area is 439 Å². The van der Waals surface area contributed by atoms with Crippen molar-refractivity contribution < 1.29 is 0 Å². The summed E-state index contributed by atoms with van der Waals surface area (Å²) in [5, 5.41) is 26.5. The molecular formula is C71H56N4. The smallest absolute Gasteiger partial charge is 0.101 e. The Hall–Kier alpha value is -9.22. The molecule has 0 bridgehead atoms. The van der Waals surface area contributed by atoms with Crippen molar-refractivity contribution in [1.29, 1.82) is 10.5 Å². The van der Waals surface area contributed by atoms with Crippen LogP contribution in [0.3, 0.4) is 0 Å². The zero-order chi connectivity index (χ0) is 52.0. The molecule has 0 atom stereocenters. The second kappa shape index (κ2) is 18.1. The van der Waals surface area contributed by atoms with Crippen molar-refractivity contribution in [1.82, 2.24) is 9.13 Å². The summed E-state index contributed by atoms with van der Waals surface area (Å²) >= 11 is 0. The number of aromatic nitrogens is 2. The molecule has 0 N–H and O–H groups in total. The van der Waals surface area contributed by atoms with E-state index in [1.54, 1.807) is 0 Å². The summed E-state index contributed by atoms with van der Waals surface area (Å²) in [5.41, 5.74) is 28.6. The number of nitrogens with zero attached hydrogens (tertiary/aromatic N) is 4. The first-order valence-corrected chi connectivity index (χ1v) is 25.8. The van der Waals surface area contributed by atoms with Crippen molar-refractivity contribution in [2.75, 3.05) is 0 Å². The number of fused-ring (bicyclic) bond motifs is 6. The van der Waals surface area contributed by atoms with Gasteiger partial charge in [0.1, 0.15) is 6.07 Å². The van der Waals surface area contributed by atoms with E-state index in [1.807, 2.05) is 19.1 Å². The summed E-state index contributed by atoms with van der Waals surface area (Å²) < 4.78 is 4.62. The first-order chi connectivity index (χ1) is 36.2. The van der Waals surface area contributed by atoms with Crippen LogP contribution < -0.4 is 0 Å². The van der Waals surface area contributed by atoms with Crippen molar-refractivity contribution in [3.05, 3.63) is 237 Å². The van der Waals surface area contributed by atoms with Crippen LogP contribution in [0.2, 0.25) is 0 Å². The van der Waals surface area contributed by atoms with Crippen LogP contribution in [0, 0.1) is 85.0 Å². The van der Waals surface area contributed by atoms with Crippen molar-refractivity contribution in [2.45, 2.75) is 62.3 Å². The highest BCUT2D eigenvalue weighted by Gasteiger charge is 2.24. The standard InChI is InChI=1S/C71H56N4/c1-41-18-42(2)24-55(23-41)51-10-14-66-62(33-51)63-34-52(56-25-43(3)19-44(4)26-56)11-15-67(63)74(66)70-38-61(59-31-49(9)22-50(32-59)39-72)71(37-60(70)40-73)75-68-16-12-53(57-27-45(5)20-46(6)28-57)35-64(68)65-36-54(13-17-69(65)75)58-29-47(7)21-48(8)30-58/h10-38H,1-9H3. The van der Waals surface area contributed by atoms with Crippen LogP contribution in [-0.4, -0.2) is 9.13 Å². The Morgan fingerprint density at radius 3 is 0.893 bits per heavy atom. The minimum Gasteiger partial charge on any atom is -0.309 e. The fourth-order valence-electron chi connectivity index (χ4n) is 12.1. The molecule has 0 aliphatic rings. The highest BCUT2D eigenvalue weighted by atomic mass is 15.0. The van der Waals surface area contributed by atoms with Crippen molar-refractivity contribution in [2.24, 2.45) is 0 Å². The highest BCUT2D eigenvalue weighted by Crippen LogP contribution is 2.44. The average Bonchev–Trinajstić information content (AvgIpc) is 3.88. The van der Waals surface area contributed by atoms with Gasteiger partial charge in [-0.1, -0.05) is 148 Å². The fourth-order valence-corrected chi connectivity index (χ4v) is 12.1. The van der Waals surface area contributed by atoms with Crippen LogP contribution in [-0.2, 0) is 0 Å². The molecule has 12 aromatic rings. The third-order valence-corrected chi connectivity index (χ3v) is 15.0. The van der Waals surface area contributed by atoms with Gasteiger partial charge in [-0.15, -0.1) is 0 Å². The number of aryl methyl sites for hydroxylation is 9. The van der Waals surface area contributed by atoms with Gasteiger partial charge in [0.2, 0.25) is 0 Å². The number of hydrogen-bond donors (Lipinski definition) is 0. The first-order valence-electron chi connectivity index (χ1n) is 25.8. The molecule has 0 aliphatic carbocycles. The lowest BCUT2D eigenvalue weighted by Crippen LogP contribution is -2.04. The molecule has 75 heavy (non-hydrogen) atoms. The Bertz CT molecular complexity index is 4180. The molecule has 0 aliphatic heterocycles. The molecule has 0 unspecified atom stereocenters. The monoisotopic (exact) mass is 964 g/mol. The Morgan fingerprint density at radius 2 is 0.573 bits per heavy atom. The summed E-state index contributed by atoms with van der Waals surface area (Å²) in [5.74, 6) is 0. The van der Waals surface area contributed by atoms with Crippen molar-refractivity contribution >= 4 is 43.6 Å². The molecule has 0 radical (unpaired) electrons. The lowest BCUT2D eigenvalue weighted by Gasteiger charge is -2.19. The number of nitriles is 2. The molecule has 2 heterocycles. The second-order valence-corrected chi connectivity index (χ2v) is 21.3. The topological polar surface area (TPSA) is 57.4 Å². The van der Waals surface area contributed by atoms with Crippen LogP contribution in [0.15, 0.2) is 176 Å². The van der Waals surface area contributed by atoms with E-state index in [0.29, 0.717) is 11.1 Å². The maximum atomic E-state index is 11.6. The fraction of sp³-hybridized carbons (Fsp3) is 0.127. The van der Waals surface area contributed by atoms with Gasteiger partial charge in [-0.2, -0.15) is 10.5 Å². The van der Waals surface area contributed by atoms with E-state index >= 15 is 0 Å². The summed E-state index contributed by atoms with van der Waals surface area (Å²) in [6.07, 6.45) is 0. The van der Waals surface area contributed by atoms with Gasteiger partial charge in [0.15, 0.2) is 0 Å². The zero-order valence-corrected chi connectivity index (χ0v) is 44.0. The van der Waals surface area contributed by atoms with Crippen molar-refractivity contribution in [3.63, 3.8) is 0 Å². The van der Waals surface area contributed by atoms with Gasteiger partial charge < -0.3 is 9.13 Å². The third kappa shape index (κ3) is 8.36. The predicted molar refractivity (Wildman–Crippen MR) is 314 cm³/mol. The van der Waals surface area contributed by atoms with Gasteiger partial charge in [0.05, 0.1) is 50.6 Å². The van der Waals surface area contributed by atoms with Crippen LogP contribution >= 0.6 is 0 Å². The highest BCUT2D eigenvalue weighted by molar-refractivity contribution is 6.14. The molecule has 2 aromatic heterocycles.